The van der Waals surface area contributed by atoms with Crippen molar-refractivity contribution in [2.45, 2.75) is 65.4 Å². The summed E-state index contributed by atoms with van der Waals surface area (Å²) in [6.07, 6.45) is 4.34. The molecule has 1 aliphatic rings. The first-order valence-corrected chi connectivity index (χ1v) is 6.49. The highest BCUT2D eigenvalue weighted by atomic mass is 16.3. The molecule has 1 rings (SSSR count). The van der Waals surface area contributed by atoms with Crippen molar-refractivity contribution in [2.24, 2.45) is 17.3 Å². The van der Waals surface area contributed by atoms with Gasteiger partial charge in [-0.2, -0.15) is 5.26 Å². The normalized spacial score (nSPS) is 19.6. The zero-order valence-corrected chi connectivity index (χ0v) is 11.1. The van der Waals surface area contributed by atoms with Gasteiger partial charge in [0.2, 0.25) is 0 Å². The smallest absolute Gasteiger partial charge is 0.0860 e. The van der Waals surface area contributed by atoms with E-state index in [1.54, 1.807) is 0 Å². The highest BCUT2D eigenvalue weighted by Gasteiger charge is 2.54. The van der Waals surface area contributed by atoms with E-state index >= 15 is 0 Å². The van der Waals surface area contributed by atoms with E-state index in [0.29, 0.717) is 11.8 Å². The van der Waals surface area contributed by atoms with Gasteiger partial charge in [0.15, 0.2) is 0 Å². The first-order chi connectivity index (χ1) is 7.35. The van der Waals surface area contributed by atoms with Gasteiger partial charge < -0.3 is 5.11 Å². The molecule has 92 valence electrons. The molecule has 1 aliphatic carbocycles. The zero-order chi connectivity index (χ0) is 12.4. The first kappa shape index (κ1) is 13.5. The monoisotopic (exact) mass is 223 g/mol. The molecule has 0 atom stereocenters. The second-order valence-electron chi connectivity index (χ2n) is 6.27. The van der Waals surface area contributed by atoms with Crippen molar-refractivity contribution in [3.8, 4) is 6.07 Å². The minimum Gasteiger partial charge on any atom is -0.388 e. The molecule has 0 heterocycles. The summed E-state index contributed by atoms with van der Waals surface area (Å²) in [5.41, 5.74) is -1.23. The Bertz CT molecular complexity index is 261. The molecule has 0 unspecified atom stereocenters. The van der Waals surface area contributed by atoms with E-state index < -0.39 is 11.0 Å². The van der Waals surface area contributed by atoms with Crippen LogP contribution in [0.3, 0.4) is 0 Å². The third kappa shape index (κ3) is 2.40. The lowest BCUT2D eigenvalue weighted by Crippen LogP contribution is -2.53. The molecule has 1 saturated carbocycles. The summed E-state index contributed by atoms with van der Waals surface area (Å²) in [6, 6.07) is 2.42. The van der Waals surface area contributed by atoms with Crippen molar-refractivity contribution in [1.29, 1.82) is 5.26 Å². The van der Waals surface area contributed by atoms with Crippen molar-refractivity contribution in [3.05, 3.63) is 0 Å². The molecule has 0 radical (unpaired) electrons. The molecule has 0 aromatic rings. The molecule has 16 heavy (non-hydrogen) atoms. The minimum absolute atomic E-state index is 0.439. The van der Waals surface area contributed by atoms with E-state index in [4.69, 9.17) is 0 Å². The second-order valence-corrected chi connectivity index (χ2v) is 6.27. The highest BCUT2D eigenvalue weighted by Crippen LogP contribution is 2.53. The van der Waals surface area contributed by atoms with Gasteiger partial charge in [-0.25, -0.2) is 0 Å². The van der Waals surface area contributed by atoms with E-state index in [1.807, 2.05) is 0 Å². The number of hydrogen-bond acceptors (Lipinski definition) is 2. The van der Waals surface area contributed by atoms with Crippen LogP contribution in [0, 0.1) is 28.6 Å². The predicted molar refractivity (Wildman–Crippen MR) is 65.8 cm³/mol. The van der Waals surface area contributed by atoms with E-state index in [-0.39, 0.29) is 0 Å². The fourth-order valence-corrected chi connectivity index (χ4v) is 3.04. The number of aliphatic hydroxyl groups is 1. The van der Waals surface area contributed by atoms with E-state index in [2.05, 4.69) is 33.8 Å². The van der Waals surface area contributed by atoms with Crippen LogP contribution >= 0.6 is 0 Å². The Morgan fingerprint density at radius 2 is 1.62 bits per heavy atom. The summed E-state index contributed by atoms with van der Waals surface area (Å²) in [5.74, 6) is 0.879. The molecule has 2 heteroatoms. The van der Waals surface area contributed by atoms with Gasteiger partial charge in [-0.15, -0.1) is 0 Å². The van der Waals surface area contributed by atoms with Gasteiger partial charge in [-0.1, -0.05) is 34.1 Å². The third-order valence-electron chi connectivity index (χ3n) is 3.80. The van der Waals surface area contributed by atoms with Gasteiger partial charge >= 0.3 is 0 Å². The maximum absolute atomic E-state index is 10.9. The number of nitrogens with zero attached hydrogens (tertiary/aromatic N) is 1. The number of nitriles is 1. The summed E-state index contributed by atoms with van der Waals surface area (Å²) in [4.78, 5) is 0. The maximum atomic E-state index is 10.9. The molecular formula is C14H25NO. The molecule has 1 fully saturated rings. The van der Waals surface area contributed by atoms with E-state index in [0.717, 1.165) is 32.1 Å². The third-order valence-corrected chi connectivity index (χ3v) is 3.80. The van der Waals surface area contributed by atoms with Crippen LogP contribution in [0.25, 0.3) is 0 Å². The Kier molecular flexibility index (Phi) is 4.02. The summed E-state index contributed by atoms with van der Waals surface area (Å²) in [6.45, 7) is 8.48. The molecule has 0 aromatic carbocycles. The van der Waals surface area contributed by atoms with Crippen LogP contribution in [0.4, 0.5) is 0 Å². The average Bonchev–Trinajstić information content (AvgIpc) is 1.97. The Morgan fingerprint density at radius 1 is 1.19 bits per heavy atom. The topological polar surface area (TPSA) is 44.0 Å². The lowest BCUT2D eigenvalue weighted by molar-refractivity contribution is -0.118. The van der Waals surface area contributed by atoms with Crippen LogP contribution < -0.4 is 0 Å². The van der Waals surface area contributed by atoms with Crippen molar-refractivity contribution in [1.82, 2.24) is 0 Å². The lowest BCUT2D eigenvalue weighted by atomic mass is 9.56. The molecule has 0 amide bonds. The molecule has 0 aromatic heterocycles. The molecule has 0 saturated heterocycles. The van der Waals surface area contributed by atoms with Crippen LogP contribution in [-0.4, -0.2) is 10.7 Å². The SMILES string of the molecule is CC(C)CC(O)(CC(C)C)C1(C#N)CCC1. The van der Waals surface area contributed by atoms with Crippen molar-refractivity contribution in [3.63, 3.8) is 0 Å². The Morgan fingerprint density at radius 3 is 1.81 bits per heavy atom. The van der Waals surface area contributed by atoms with Crippen LogP contribution in [0.15, 0.2) is 0 Å². The number of rotatable bonds is 5. The van der Waals surface area contributed by atoms with Gasteiger partial charge in [0, 0.05) is 0 Å². The minimum atomic E-state index is -0.775. The van der Waals surface area contributed by atoms with Gasteiger partial charge in [-0.05, 0) is 37.5 Å². The Balaban J connectivity index is 2.89. The molecule has 1 N–H and O–H groups in total. The van der Waals surface area contributed by atoms with E-state index in [9.17, 15) is 10.4 Å². The quantitative estimate of drug-likeness (QED) is 0.775. The Hall–Kier alpha value is -0.550. The van der Waals surface area contributed by atoms with Crippen molar-refractivity contribution < 1.29 is 5.11 Å². The van der Waals surface area contributed by atoms with Crippen LogP contribution in [-0.2, 0) is 0 Å². The summed E-state index contributed by atoms with van der Waals surface area (Å²) >= 11 is 0. The average molecular weight is 223 g/mol. The molecule has 0 bridgehead atoms. The summed E-state index contributed by atoms with van der Waals surface area (Å²) in [5, 5.41) is 20.3. The molecule has 2 nitrogen and oxygen atoms in total. The largest absolute Gasteiger partial charge is 0.388 e. The fraction of sp³-hybridized carbons (Fsp3) is 0.929. The maximum Gasteiger partial charge on any atom is 0.0860 e. The van der Waals surface area contributed by atoms with Gasteiger partial charge in [0.25, 0.3) is 0 Å². The van der Waals surface area contributed by atoms with Crippen LogP contribution in [0.2, 0.25) is 0 Å². The lowest BCUT2D eigenvalue weighted by Gasteiger charge is -2.50. The molecule has 0 aliphatic heterocycles. The first-order valence-electron chi connectivity index (χ1n) is 6.49. The predicted octanol–water partition coefficient (Wildman–Crippen LogP) is 3.50. The van der Waals surface area contributed by atoms with Gasteiger partial charge in [-0.3, -0.25) is 0 Å². The molecule has 0 spiro atoms. The van der Waals surface area contributed by atoms with E-state index in [1.165, 1.54) is 0 Å². The van der Waals surface area contributed by atoms with Gasteiger partial charge in [0.05, 0.1) is 17.1 Å². The number of hydrogen-bond donors (Lipinski definition) is 1. The summed E-state index contributed by atoms with van der Waals surface area (Å²) in [7, 11) is 0. The Labute approximate surface area is 99.7 Å². The summed E-state index contributed by atoms with van der Waals surface area (Å²) < 4.78 is 0. The van der Waals surface area contributed by atoms with Crippen molar-refractivity contribution in [2.75, 3.05) is 0 Å². The second kappa shape index (κ2) is 4.75. The van der Waals surface area contributed by atoms with Crippen LogP contribution in [0.5, 0.6) is 0 Å². The van der Waals surface area contributed by atoms with Crippen LogP contribution in [0.1, 0.15) is 59.8 Å². The zero-order valence-electron chi connectivity index (χ0n) is 11.1. The van der Waals surface area contributed by atoms with Crippen molar-refractivity contribution >= 4 is 0 Å². The fourth-order valence-electron chi connectivity index (χ4n) is 3.04. The standard InChI is InChI=1S/C14H25NO/c1-11(2)8-14(16,9-12(3)4)13(10-15)6-5-7-13/h11-12,16H,5-9H2,1-4H3. The van der Waals surface area contributed by atoms with Gasteiger partial charge in [0.1, 0.15) is 0 Å². The molecular weight excluding hydrogens is 198 g/mol. The highest BCUT2D eigenvalue weighted by molar-refractivity contribution is 5.16.